The van der Waals surface area contributed by atoms with E-state index >= 15 is 0 Å². The molecule has 1 aliphatic heterocycles. The second kappa shape index (κ2) is 22.3. The van der Waals surface area contributed by atoms with Crippen LogP contribution in [0.25, 0.3) is 0 Å². The van der Waals surface area contributed by atoms with Crippen molar-refractivity contribution in [2.24, 2.45) is 0 Å². The van der Waals surface area contributed by atoms with Crippen molar-refractivity contribution in [3.05, 3.63) is 71.8 Å². The van der Waals surface area contributed by atoms with Gasteiger partial charge in [-0.1, -0.05) is 103 Å². The molecule has 173 valence electrons. The van der Waals surface area contributed by atoms with Crippen molar-refractivity contribution in [1.29, 1.82) is 0 Å². The Labute approximate surface area is 217 Å². The van der Waals surface area contributed by atoms with Gasteiger partial charge in [0.25, 0.3) is 0 Å². The van der Waals surface area contributed by atoms with Gasteiger partial charge in [0, 0.05) is 58.9 Å². The van der Waals surface area contributed by atoms with Gasteiger partial charge < -0.3 is 9.53 Å². The van der Waals surface area contributed by atoms with E-state index in [1.807, 2.05) is 27.7 Å². The van der Waals surface area contributed by atoms with Crippen LogP contribution in [0.15, 0.2) is 60.7 Å². The number of carbonyl (C=O) groups excluding carboxylic acids is 1. The minimum Gasteiger partial charge on any atom is -0.540 e. The Kier molecular flexibility index (Phi) is 25.0. The second-order valence-corrected chi connectivity index (χ2v) is 6.00. The van der Waals surface area contributed by atoms with Gasteiger partial charge in [0.15, 0.2) is 0 Å². The Balaban J connectivity index is -0.00000106. The predicted octanol–water partition coefficient (Wildman–Crippen LogP) is 5.80. The van der Waals surface area contributed by atoms with Crippen LogP contribution in [-0.4, -0.2) is 55.6 Å². The van der Waals surface area contributed by atoms with Crippen LogP contribution >= 0.6 is 0 Å². The molecule has 0 aliphatic carbocycles. The zero-order valence-corrected chi connectivity index (χ0v) is 21.2. The van der Waals surface area contributed by atoms with E-state index in [9.17, 15) is 4.79 Å². The van der Waals surface area contributed by atoms with Gasteiger partial charge >= 0.3 is 0 Å². The molecule has 5 heteroatoms. The summed E-state index contributed by atoms with van der Waals surface area (Å²) in [5.41, 5.74) is 2.65. The van der Waals surface area contributed by atoms with Crippen molar-refractivity contribution in [2.75, 3.05) is 39.5 Å². The predicted molar refractivity (Wildman–Crippen MR) is 131 cm³/mol. The fraction of sp³-hybridized carbons (Fsp3) is 0.500. The molecule has 1 fully saturated rings. The maximum absolute atomic E-state index is 10.2. The third kappa shape index (κ3) is 12.1. The molecule has 0 spiro atoms. The Morgan fingerprint density at radius 3 is 1.61 bits per heavy atom. The van der Waals surface area contributed by atoms with E-state index in [1.54, 1.807) is 6.29 Å². The molecule has 0 aromatic heterocycles. The van der Waals surface area contributed by atoms with Gasteiger partial charge in [-0.25, -0.2) is 6.29 Å². The third-order valence-electron chi connectivity index (χ3n) is 4.44. The number of benzene rings is 2. The molecule has 3 rings (SSSR count). The van der Waals surface area contributed by atoms with Crippen molar-refractivity contribution < 1.29 is 42.2 Å². The largest absolute Gasteiger partial charge is 0.540 e. The van der Waals surface area contributed by atoms with Crippen molar-refractivity contribution in [2.45, 2.75) is 48.6 Å². The van der Waals surface area contributed by atoms with Gasteiger partial charge in [-0.05, 0) is 17.7 Å². The molecule has 1 radical (unpaired) electrons. The van der Waals surface area contributed by atoms with E-state index in [0.29, 0.717) is 6.73 Å². The summed E-state index contributed by atoms with van der Waals surface area (Å²) in [7, 11) is 0. The van der Waals surface area contributed by atoms with Gasteiger partial charge in [-0.2, -0.15) is 0 Å². The Morgan fingerprint density at radius 1 is 0.806 bits per heavy atom. The fourth-order valence-corrected chi connectivity index (χ4v) is 3.25. The molecule has 0 saturated carbocycles. The molecule has 0 unspecified atom stereocenters. The maximum Gasteiger partial charge on any atom is 0.0958 e. The maximum atomic E-state index is 10.2. The number of piperazine rings is 1. The van der Waals surface area contributed by atoms with Crippen LogP contribution < -0.4 is 0 Å². The van der Waals surface area contributed by atoms with E-state index in [0.717, 1.165) is 26.2 Å². The molecule has 0 atom stereocenters. The molecule has 2 aromatic rings. The fourth-order valence-electron chi connectivity index (χ4n) is 3.25. The van der Waals surface area contributed by atoms with Gasteiger partial charge in [0.2, 0.25) is 0 Å². The SMILES string of the molecule is C.C.CC.CC.O=[C-]COCN1CCN(C(c2ccccc2)c2ccccc2)CC1.[Y]. The summed E-state index contributed by atoms with van der Waals surface area (Å²) in [5, 5.41) is 0. The first kappa shape index (κ1) is 34.7. The standard InChI is InChI=1S/C20H23N2O2.2C2H6.2CH4.Y/c23-15-16-24-17-21-11-13-22(14-12-21)20(18-7-3-1-4-8-18)19-9-5-2-6-10-19;2*1-2;;;/h1-10,20H,11-14,16-17H2;2*1-2H3;2*1H4;/q-1;;;;;. The average Bonchev–Trinajstić information content (AvgIpc) is 2.79. The quantitative estimate of drug-likeness (QED) is 0.353. The zero-order valence-electron chi connectivity index (χ0n) is 18.4. The van der Waals surface area contributed by atoms with Gasteiger partial charge in [0.05, 0.1) is 12.8 Å². The van der Waals surface area contributed by atoms with Gasteiger partial charge in [0.1, 0.15) is 0 Å². The molecule has 2 aromatic carbocycles. The summed E-state index contributed by atoms with van der Waals surface area (Å²) in [5.74, 6) is 0. The van der Waals surface area contributed by atoms with Crippen LogP contribution in [-0.2, 0) is 42.2 Å². The second-order valence-electron chi connectivity index (χ2n) is 6.00. The van der Waals surface area contributed by atoms with Gasteiger partial charge in [-0.15, -0.1) is 0 Å². The molecule has 1 heterocycles. The summed E-state index contributed by atoms with van der Waals surface area (Å²) >= 11 is 0. The van der Waals surface area contributed by atoms with Gasteiger partial charge in [-0.3, -0.25) is 9.80 Å². The molecular weight excluding hydrogens is 461 g/mol. The summed E-state index contributed by atoms with van der Waals surface area (Å²) in [6.07, 6.45) is 1.77. The van der Waals surface area contributed by atoms with E-state index in [4.69, 9.17) is 4.74 Å². The molecule has 1 aliphatic rings. The minimum atomic E-state index is 0. The molecule has 0 bridgehead atoms. The number of rotatable bonds is 7. The number of hydrogen-bond donors (Lipinski definition) is 0. The van der Waals surface area contributed by atoms with E-state index in [-0.39, 0.29) is 60.2 Å². The van der Waals surface area contributed by atoms with Crippen LogP contribution in [0.2, 0.25) is 0 Å². The summed E-state index contributed by atoms with van der Waals surface area (Å²) in [6.45, 7) is 12.4. The first-order valence-electron chi connectivity index (χ1n) is 10.4. The van der Waals surface area contributed by atoms with Crippen molar-refractivity contribution in [3.63, 3.8) is 0 Å². The Bertz CT molecular complexity index is 578. The summed E-state index contributed by atoms with van der Waals surface area (Å²) < 4.78 is 5.27. The third-order valence-corrected chi connectivity index (χ3v) is 4.44. The summed E-state index contributed by atoms with van der Waals surface area (Å²) in [6, 6.07) is 21.6. The molecule has 1 saturated heterocycles. The van der Waals surface area contributed by atoms with Crippen molar-refractivity contribution in [1.82, 2.24) is 9.80 Å². The van der Waals surface area contributed by atoms with Crippen molar-refractivity contribution >= 4 is 6.29 Å². The Hall–Kier alpha value is -0.906. The smallest absolute Gasteiger partial charge is 0.0958 e. The monoisotopic (exact) mass is 504 g/mol. The minimum absolute atomic E-state index is 0. The van der Waals surface area contributed by atoms with E-state index in [1.165, 1.54) is 11.1 Å². The number of hydrogen-bond acceptors (Lipinski definition) is 4. The van der Waals surface area contributed by atoms with E-state index in [2.05, 4.69) is 70.5 Å². The first-order chi connectivity index (χ1) is 13.9. The van der Waals surface area contributed by atoms with Crippen LogP contribution in [0.5, 0.6) is 0 Å². The molecular formula is C26H43N2O2Y-. The zero-order chi connectivity index (χ0) is 20.6. The van der Waals surface area contributed by atoms with Crippen LogP contribution in [0.1, 0.15) is 59.7 Å². The average molecular weight is 505 g/mol. The normalized spacial score (nSPS) is 13.1. The Morgan fingerprint density at radius 2 is 1.23 bits per heavy atom. The molecule has 0 N–H and O–H groups in total. The molecule has 31 heavy (non-hydrogen) atoms. The van der Waals surface area contributed by atoms with Crippen LogP contribution in [0.3, 0.4) is 0 Å². The van der Waals surface area contributed by atoms with Crippen LogP contribution in [0.4, 0.5) is 0 Å². The summed E-state index contributed by atoms with van der Waals surface area (Å²) in [4.78, 5) is 15.0. The number of ether oxygens (including phenoxy) is 1. The van der Waals surface area contributed by atoms with E-state index < -0.39 is 0 Å². The molecule has 0 amide bonds. The van der Waals surface area contributed by atoms with Crippen molar-refractivity contribution in [3.8, 4) is 0 Å². The molecule has 4 nitrogen and oxygen atoms in total. The van der Waals surface area contributed by atoms with Crippen LogP contribution in [0, 0.1) is 0 Å². The number of nitrogens with zero attached hydrogens (tertiary/aromatic N) is 2. The first-order valence-corrected chi connectivity index (χ1v) is 10.4. The topological polar surface area (TPSA) is 32.8 Å².